The molecule has 0 aliphatic rings. The molecule has 0 saturated heterocycles. The summed E-state index contributed by atoms with van der Waals surface area (Å²) in [7, 11) is 0. The van der Waals surface area contributed by atoms with E-state index in [0.29, 0.717) is 6.42 Å². The molecule has 4 nitrogen and oxygen atoms in total. The number of furan rings is 1. The SMILES string of the molecule is NC(=O)C(N)Cc1coc2ccccc12. The average Bonchev–Trinajstić information content (AvgIpc) is 2.62. The number of carbonyl (C=O) groups excluding carboxylic acids is 1. The Bertz CT molecular complexity index is 490. The van der Waals surface area contributed by atoms with Crippen LogP contribution in [0.15, 0.2) is 34.9 Å². The van der Waals surface area contributed by atoms with Gasteiger partial charge in [-0.15, -0.1) is 0 Å². The summed E-state index contributed by atoms with van der Waals surface area (Å²) in [5.74, 6) is -0.500. The number of hydrogen-bond acceptors (Lipinski definition) is 3. The maximum atomic E-state index is 10.8. The van der Waals surface area contributed by atoms with Gasteiger partial charge in [0.1, 0.15) is 5.58 Å². The van der Waals surface area contributed by atoms with Gasteiger partial charge in [0.05, 0.1) is 12.3 Å². The Morgan fingerprint density at radius 1 is 1.40 bits per heavy atom. The van der Waals surface area contributed by atoms with Crippen molar-refractivity contribution in [3.8, 4) is 0 Å². The van der Waals surface area contributed by atoms with Crippen LogP contribution in [0, 0.1) is 0 Å². The third kappa shape index (κ3) is 1.85. The first kappa shape index (κ1) is 9.73. The van der Waals surface area contributed by atoms with Gasteiger partial charge < -0.3 is 15.9 Å². The van der Waals surface area contributed by atoms with Crippen molar-refractivity contribution in [1.29, 1.82) is 0 Å². The lowest BCUT2D eigenvalue weighted by Crippen LogP contribution is -2.38. The van der Waals surface area contributed by atoms with E-state index >= 15 is 0 Å². The smallest absolute Gasteiger partial charge is 0.234 e. The van der Waals surface area contributed by atoms with Gasteiger partial charge >= 0.3 is 0 Å². The number of rotatable bonds is 3. The monoisotopic (exact) mass is 204 g/mol. The molecule has 4 heteroatoms. The zero-order valence-corrected chi connectivity index (χ0v) is 8.14. The molecule has 78 valence electrons. The second-order valence-corrected chi connectivity index (χ2v) is 3.47. The minimum absolute atomic E-state index is 0.409. The molecule has 0 radical (unpaired) electrons. The van der Waals surface area contributed by atoms with Crippen molar-refractivity contribution in [2.24, 2.45) is 11.5 Å². The van der Waals surface area contributed by atoms with Crippen LogP contribution >= 0.6 is 0 Å². The summed E-state index contributed by atoms with van der Waals surface area (Å²) in [6, 6.07) is 6.95. The molecule has 2 aromatic rings. The average molecular weight is 204 g/mol. The van der Waals surface area contributed by atoms with Gasteiger partial charge in [-0.25, -0.2) is 0 Å². The molecular formula is C11H12N2O2. The molecule has 2 rings (SSSR count). The quantitative estimate of drug-likeness (QED) is 0.775. The Kier molecular flexibility index (Phi) is 2.43. The predicted octanol–water partition coefficient (Wildman–Crippen LogP) is 0.788. The molecule has 0 fully saturated rings. The maximum Gasteiger partial charge on any atom is 0.234 e. The molecule has 0 aliphatic carbocycles. The molecule has 1 amide bonds. The lowest BCUT2D eigenvalue weighted by molar-refractivity contribution is -0.119. The summed E-state index contributed by atoms with van der Waals surface area (Å²) < 4.78 is 5.32. The Labute approximate surface area is 86.8 Å². The molecule has 15 heavy (non-hydrogen) atoms. The van der Waals surface area contributed by atoms with E-state index in [1.54, 1.807) is 6.26 Å². The predicted molar refractivity (Wildman–Crippen MR) is 57.1 cm³/mol. The van der Waals surface area contributed by atoms with Crippen LogP contribution in [0.5, 0.6) is 0 Å². The van der Waals surface area contributed by atoms with Crippen molar-refractivity contribution in [1.82, 2.24) is 0 Å². The van der Waals surface area contributed by atoms with E-state index in [0.717, 1.165) is 16.5 Å². The van der Waals surface area contributed by atoms with E-state index in [1.807, 2.05) is 24.3 Å². The fourth-order valence-electron chi connectivity index (χ4n) is 1.53. The minimum Gasteiger partial charge on any atom is -0.464 e. The number of amides is 1. The van der Waals surface area contributed by atoms with Crippen LogP contribution in [-0.4, -0.2) is 11.9 Å². The zero-order chi connectivity index (χ0) is 10.8. The van der Waals surface area contributed by atoms with E-state index in [9.17, 15) is 4.79 Å². The molecule has 1 atom stereocenters. The van der Waals surface area contributed by atoms with E-state index in [1.165, 1.54) is 0 Å². The van der Waals surface area contributed by atoms with Crippen molar-refractivity contribution in [3.63, 3.8) is 0 Å². The number of benzene rings is 1. The van der Waals surface area contributed by atoms with Crippen LogP contribution in [0.3, 0.4) is 0 Å². The highest BCUT2D eigenvalue weighted by molar-refractivity contribution is 5.84. The molecular weight excluding hydrogens is 192 g/mol. The first-order valence-corrected chi connectivity index (χ1v) is 4.68. The van der Waals surface area contributed by atoms with Crippen LogP contribution in [-0.2, 0) is 11.2 Å². The summed E-state index contributed by atoms with van der Waals surface area (Å²) in [6.07, 6.45) is 2.03. The number of carbonyl (C=O) groups is 1. The lowest BCUT2D eigenvalue weighted by Gasteiger charge is -2.04. The van der Waals surface area contributed by atoms with Crippen LogP contribution in [0.25, 0.3) is 11.0 Å². The highest BCUT2D eigenvalue weighted by atomic mass is 16.3. The van der Waals surface area contributed by atoms with E-state index < -0.39 is 11.9 Å². The van der Waals surface area contributed by atoms with Crippen LogP contribution in [0.4, 0.5) is 0 Å². The molecule has 0 spiro atoms. The molecule has 1 unspecified atom stereocenters. The standard InChI is InChI=1S/C11H12N2O2/c12-9(11(13)14)5-7-6-15-10-4-2-1-3-8(7)10/h1-4,6,9H,5,12H2,(H2,13,14). The van der Waals surface area contributed by atoms with Crippen LogP contribution in [0.1, 0.15) is 5.56 Å². The van der Waals surface area contributed by atoms with Crippen molar-refractivity contribution < 1.29 is 9.21 Å². The fraction of sp³-hybridized carbons (Fsp3) is 0.182. The highest BCUT2D eigenvalue weighted by Gasteiger charge is 2.13. The van der Waals surface area contributed by atoms with Crippen molar-refractivity contribution in [2.45, 2.75) is 12.5 Å². The van der Waals surface area contributed by atoms with Gasteiger partial charge in [0.15, 0.2) is 0 Å². The molecule has 0 aliphatic heterocycles. The van der Waals surface area contributed by atoms with E-state index in [2.05, 4.69) is 0 Å². The van der Waals surface area contributed by atoms with Crippen molar-refractivity contribution in [2.75, 3.05) is 0 Å². The Morgan fingerprint density at radius 2 is 2.13 bits per heavy atom. The van der Waals surface area contributed by atoms with Gasteiger partial charge in [0, 0.05) is 17.4 Å². The summed E-state index contributed by atoms with van der Waals surface area (Å²) in [5, 5.41) is 0.981. The van der Waals surface area contributed by atoms with E-state index in [4.69, 9.17) is 15.9 Å². The van der Waals surface area contributed by atoms with Crippen molar-refractivity contribution >= 4 is 16.9 Å². The van der Waals surface area contributed by atoms with Gasteiger partial charge in [-0.1, -0.05) is 18.2 Å². The number of nitrogens with two attached hydrogens (primary N) is 2. The Morgan fingerprint density at radius 3 is 2.87 bits per heavy atom. The molecule has 1 heterocycles. The topological polar surface area (TPSA) is 82.2 Å². The number of para-hydroxylation sites is 1. The summed E-state index contributed by atoms with van der Waals surface area (Å²) in [6.45, 7) is 0. The van der Waals surface area contributed by atoms with Crippen LogP contribution < -0.4 is 11.5 Å². The lowest BCUT2D eigenvalue weighted by atomic mass is 10.1. The zero-order valence-electron chi connectivity index (χ0n) is 8.14. The van der Waals surface area contributed by atoms with Crippen LogP contribution in [0.2, 0.25) is 0 Å². The molecule has 0 saturated carbocycles. The van der Waals surface area contributed by atoms with Gasteiger partial charge in [-0.2, -0.15) is 0 Å². The van der Waals surface area contributed by atoms with E-state index in [-0.39, 0.29) is 0 Å². The summed E-state index contributed by atoms with van der Waals surface area (Å²) >= 11 is 0. The fourth-order valence-corrected chi connectivity index (χ4v) is 1.53. The third-order valence-electron chi connectivity index (χ3n) is 2.37. The minimum atomic E-state index is -0.661. The molecule has 1 aromatic carbocycles. The number of fused-ring (bicyclic) bond motifs is 1. The second kappa shape index (κ2) is 3.74. The first-order chi connectivity index (χ1) is 7.18. The largest absolute Gasteiger partial charge is 0.464 e. The van der Waals surface area contributed by atoms with Gasteiger partial charge in [-0.05, 0) is 6.07 Å². The summed E-state index contributed by atoms with van der Waals surface area (Å²) in [4.78, 5) is 10.8. The summed E-state index contributed by atoms with van der Waals surface area (Å²) in [5.41, 5.74) is 12.4. The highest BCUT2D eigenvalue weighted by Crippen LogP contribution is 2.21. The number of hydrogen-bond donors (Lipinski definition) is 2. The maximum absolute atomic E-state index is 10.8. The van der Waals surface area contributed by atoms with Gasteiger partial charge in [0.25, 0.3) is 0 Å². The Balaban J connectivity index is 2.32. The van der Waals surface area contributed by atoms with Crippen molar-refractivity contribution in [3.05, 3.63) is 36.1 Å². The van der Waals surface area contributed by atoms with Gasteiger partial charge in [-0.3, -0.25) is 4.79 Å². The first-order valence-electron chi connectivity index (χ1n) is 4.68. The normalized spacial score (nSPS) is 12.9. The number of primary amides is 1. The molecule has 1 aromatic heterocycles. The Hall–Kier alpha value is -1.81. The molecule has 0 bridgehead atoms. The van der Waals surface area contributed by atoms with Gasteiger partial charge in [0.2, 0.25) is 5.91 Å². The second-order valence-electron chi connectivity index (χ2n) is 3.47. The molecule has 4 N–H and O–H groups in total. The third-order valence-corrected chi connectivity index (χ3v) is 2.37.